The van der Waals surface area contributed by atoms with Gasteiger partial charge in [0.1, 0.15) is 11.5 Å². The van der Waals surface area contributed by atoms with E-state index in [1.165, 1.54) is 22.8 Å². The van der Waals surface area contributed by atoms with E-state index in [1.807, 2.05) is 0 Å². The number of pyridine rings is 1. The van der Waals surface area contributed by atoms with Crippen molar-refractivity contribution in [2.24, 2.45) is 0 Å². The molecule has 0 spiro atoms. The van der Waals surface area contributed by atoms with Gasteiger partial charge in [-0.1, -0.05) is 12.1 Å². The van der Waals surface area contributed by atoms with E-state index in [9.17, 15) is 18.4 Å². The number of alkyl halides is 2. The van der Waals surface area contributed by atoms with Gasteiger partial charge >= 0.3 is 5.69 Å². The largest absolute Gasteiger partial charge is 0.334 e. The fourth-order valence-electron chi connectivity index (χ4n) is 2.85. The maximum Gasteiger partial charge on any atom is 0.334 e. The summed E-state index contributed by atoms with van der Waals surface area (Å²) >= 11 is 0. The fourth-order valence-corrected chi connectivity index (χ4v) is 2.85. The van der Waals surface area contributed by atoms with Crippen LogP contribution >= 0.6 is 0 Å². The van der Waals surface area contributed by atoms with E-state index in [4.69, 9.17) is 0 Å². The van der Waals surface area contributed by atoms with Crippen molar-refractivity contribution >= 4 is 16.6 Å². The molecule has 0 atom stereocenters. The molecule has 3 aromatic heterocycles. The molecule has 0 aliphatic carbocycles. The van der Waals surface area contributed by atoms with Crippen LogP contribution in [0.2, 0.25) is 0 Å². The lowest BCUT2D eigenvalue weighted by molar-refractivity contribution is 0.0176. The quantitative estimate of drug-likeness (QED) is 0.608. The molecule has 126 valence electrons. The lowest BCUT2D eigenvalue weighted by atomic mass is 10.1. The molecular formula is C17H12F2N4O2. The van der Waals surface area contributed by atoms with Crippen molar-refractivity contribution in [2.75, 3.05) is 0 Å². The van der Waals surface area contributed by atoms with Gasteiger partial charge in [0.05, 0.1) is 10.9 Å². The van der Waals surface area contributed by atoms with Gasteiger partial charge in [0.15, 0.2) is 0 Å². The Labute approximate surface area is 139 Å². The molecular weight excluding hydrogens is 330 g/mol. The second-order valence-corrected chi connectivity index (χ2v) is 5.75. The van der Waals surface area contributed by atoms with Gasteiger partial charge in [-0.25, -0.2) is 23.1 Å². The molecule has 0 bridgehead atoms. The predicted octanol–water partition coefficient (Wildman–Crippen LogP) is 2.44. The summed E-state index contributed by atoms with van der Waals surface area (Å²) in [5.41, 5.74) is -0.929. The Balaban J connectivity index is 2.18. The molecule has 3 heterocycles. The summed E-state index contributed by atoms with van der Waals surface area (Å²) in [5.74, 6) is -2.71. The first-order valence-electron chi connectivity index (χ1n) is 7.46. The highest BCUT2D eigenvalue weighted by molar-refractivity contribution is 5.80. The van der Waals surface area contributed by atoms with Crippen LogP contribution in [0.1, 0.15) is 12.5 Å². The number of hydrogen-bond donors (Lipinski definition) is 1. The maximum atomic E-state index is 13.7. The van der Waals surface area contributed by atoms with Gasteiger partial charge in [0, 0.05) is 24.9 Å². The highest BCUT2D eigenvalue weighted by atomic mass is 19.3. The summed E-state index contributed by atoms with van der Waals surface area (Å²) in [6.45, 7) is 0.764. The second-order valence-electron chi connectivity index (χ2n) is 5.75. The standard InChI is InChI=1S/C17H12F2N4O2/c1-17(18,19)10-5-6-11-12(9-10)23(16(25)21-15(11)24)14-4-2-3-13-20-7-8-22(13)14/h2-9H,1H3,(H,21,24,25). The van der Waals surface area contributed by atoms with Crippen LogP contribution in [0.25, 0.3) is 22.4 Å². The number of hydrogen-bond acceptors (Lipinski definition) is 3. The zero-order chi connectivity index (χ0) is 17.8. The lowest BCUT2D eigenvalue weighted by Crippen LogP contribution is -2.30. The number of fused-ring (bicyclic) bond motifs is 2. The molecule has 4 aromatic rings. The molecule has 0 unspecified atom stereocenters. The number of benzene rings is 1. The second kappa shape index (κ2) is 5.10. The highest BCUT2D eigenvalue weighted by Gasteiger charge is 2.25. The normalized spacial score (nSPS) is 12.1. The zero-order valence-corrected chi connectivity index (χ0v) is 13.0. The van der Waals surface area contributed by atoms with Crippen molar-refractivity contribution in [1.29, 1.82) is 0 Å². The van der Waals surface area contributed by atoms with Crippen LogP contribution in [0.4, 0.5) is 8.78 Å². The Kier molecular flexibility index (Phi) is 3.11. The molecule has 6 nitrogen and oxygen atoms in total. The van der Waals surface area contributed by atoms with E-state index < -0.39 is 17.2 Å². The van der Waals surface area contributed by atoms with E-state index in [0.29, 0.717) is 11.5 Å². The minimum atomic E-state index is -3.10. The first-order chi connectivity index (χ1) is 11.9. The van der Waals surface area contributed by atoms with E-state index in [2.05, 4.69) is 9.97 Å². The number of aromatic nitrogens is 4. The van der Waals surface area contributed by atoms with Gasteiger partial charge in [0.25, 0.3) is 11.5 Å². The lowest BCUT2D eigenvalue weighted by Gasteiger charge is -2.15. The third-order valence-corrected chi connectivity index (χ3v) is 4.05. The van der Waals surface area contributed by atoms with Gasteiger partial charge in [-0.05, 0) is 24.3 Å². The molecule has 25 heavy (non-hydrogen) atoms. The Hall–Kier alpha value is -3.29. The minimum Gasteiger partial charge on any atom is -0.285 e. The average Bonchev–Trinajstić information content (AvgIpc) is 3.03. The van der Waals surface area contributed by atoms with Crippen LogP contribution in [-0.2, 0) is 5.92 Å². The van der Waals surface area contributed by atoms with Gasteiger partial charge in [-0.15, -0.1) is 0 Å². The van der Waals surface area contributed by atoms with Crippen molar-refractivity contribution in [2.45, 2.75) is 12.8 Å². The molecule has 0 radical (unpaired) electrons. The molecule has 4 rings (SSSR count). The fraction of sp³-hybridized carbons (Fsp3) is 0.118. The Morgan fingerprint density at radius 3 is 2.72 bits per heavy atom. The van der Waals surface area contributed by atoms with Crippen LogP contribution in [0.5, 0.6) is 0 Å². The third kappa shape index (κ3) is 2.34. The first-order valence-corrected chi connectivity index (χ1v) is 7.46. The smallest absolute Gasteiger partial charge is 0.285 e. The summed E-state index contributed by atoms with van der Waals surface area (Å²) < 4.78 is 30.3. The van der Waals surface area contributed by atoms with Gasteiger partial charge < -0.3 is 0 Å². The minimum absolute atomic E-state index is 0.106. The summed E-state index contributed by atoms with van der Waals surface area (Å²) in [6.07, 6.45) is 3.20. The topological polar surface area (TPSA) is 72.2 Å². The van der Waals surface area contributed by atoms with Crippen molar-refractivity contribution in [3.63, 3.8) is 0 Å². The van der Waals surface area contributed by atoms with Crippen LogP contribution in [0.3, 0.4) is 0 Å². The summed E-state index contributed by atoms with van der Waals surface area (Å²) in [6, 6.07) is 8.73. The molecule has 8 heteroatoms. The van der Waals surface area contributed by atoms with Crippen LogP contribution in [-0.4, -0.2) is 18.9 Å². The molecule has 0 aliphatic heterocycles. The molecule has 1 N–H and O–H groups in total. The SMILES string of the molecule is CC(F)(F)c1ccc2c(=O)[nH]c(=O)n(-c3cccc4nccn34)c2c1. The molecule has 1 aromatic carbocycles. The van der Waals surface area contributed by atoms with Gasteiger partial charge in [0.2, 0.25) is 0 Å². The number of nitrogens with one attached hydrogen (secondary N) is 1. The number of halogens is 2. The molecule has 0 saturated heterocycles. The third-order valence-electron chi connectivity index (χ3n) is 4.05. The molecule has 0 fully saturated rings. The van der Waals surface area contributed by atoms with E-state index >= 15 is 0 Å². The van der Waals surface area contributed by atoms with Crippen molar-refractivity contribution in [1.82, 2.24) is 18.9 Å². The number of rotatable bonds is 2. The highest BCUT2D eigenvalue weighted by Crippen LogP contribution is 2.29. The summed E-state index contributed by atoms with van der Waals surface area (Å²) in [4.78, 5) is 30.9. The van der Waals surface area contributed by atoms with Crippen molar-refractivity contribution in [3.8, 4) is 5.82 Å². The number of nitrogens with zero attached hydrogens (tertiary/aromatic N) is 3. The average molecular weight is 342 g/mol. The molecule has 0 aliphatic rings. The maximum absolute atomic E-state index is 13.7. The Morgan fingerprint density at radius 1 is 1.16 bits per heavy atom. The van der Waals surface area contributed by atoms with Crippen LogP contribution < -0.4 is 11.2 Å². The van der Waals surface area contributed by atoms with Crippen LogP contribution in [0.15, 0.2) is 58.4 Å². The van der Waals surface area contributed by atoms with E-state index in [-0.39, 0.29) is 16.5 Å². The Morgan fingerprint density at radius 2 is 1.96 bits per heavy atom. The number of H-pyrrole nitrogens is 1. The van der Waals surface area contributed by atoms with E-state index in [1.54, 1.807) is 35.0 Å². The van der Waals surface area contributed by atoms with Crippen LogP contribution in [0, 0.1) is 0 Å². The first kappa shape index (κ1) is 15.3. The molecule has 0 amide bonds. The predicted molar refractivity (Wildman–Crippen MR) is 88.5 cm³/mol. The monoisotopic (exact) mass is 342 g/mol. The molecule has 0 saturated carbocycles. The number of aromatic amines is 1. The van der Waals surface area contributed by atoms with Gasteiger partial charge in [-0.3, -0.25) is 14.2 Å². The summed E-state index contributed by atoms with van der Waals surface area (Å²) in [7, 11) is 0. The number of imidazole rings is 1. The summed E-state index contributed by atoms with van der Waals surface area (Å²) in [5, 5.41) is 0.143. The Bertz CT molecular complexity index is 1230. The van der Waals surface area contributed by atoms with Crippen molar-refractivity contribution in [3.05, 3.63) is 75.2 Å². The zero-order valence-electron chi connectivity index (χ0n) is 13.0. The van der Waals surface area contributed by atoms with Gasteiger partial charge in [-0.2, -0.15) is 0 Å². The van der Waals surface area contributed by atoms with E-state index in [0.717, 1.165) is 6.92 Å². The van der Waals surface area contributed by atoms with Crippen molar-refractivity contribution < 1.29 is 8.78 Å².